The van der Waals surface area contributed by atoms with Crippen LogP contribution in [0.3, 0.4) is 0 Å². The zero-order valence-electron chi connectivity index (χ0n) is 15.2. The number of fused-ring (bicyclic) bond motifs is 3. The number of rotatable bonds is 3. The number of hydrogen-bond acceptors (Lipinski definition) is 2. The number of aromatic nitrogens is 3. The van der Waals surface area contributed by atoms with Crippen molar-refractivity contribution in [2.24, 2.45) is 0 Å². The lowest BCUT2D eigenvalue weighted by molar-refractivity contribution is 0.197. The fraction of sp³-hybridized carbons (Fsp3) is 0.227. The molecule has 0 radical (unpaired) electrons. The monoisotopic (exact) mass is 376 g/mol. The van der Waals surface area contributed by atoms with Gasteiger partial charge >= 0.3 is 0 Å². The number of imidazole rings is 1. The molecular weight excluding hydrogens is 356 g/mol. The van der Waals surface area contributed by atoms with Gasteiger partial charge in [0.1, 0.15) is 5.82 Å². The molecule has 2 aromatic heterocycles. The third-order valence-electron chi connectivity index (χ3n) is 5.44. The standard InChI is InChI=1S/C22H21ClN4/c1-14-12-24-20(25-14)13-27-11-10-16-15-6-3-5-9-19(15)26-21(16)22(27)17-7-2-4-8-18(17)23/h2-9,12,22,26H,10-11,13H2,1H3,(H,24,25). The molecule has 0 spiro atoms. The van der Waals surface area contributed by atoms with Gasteiger partial charge in [0, 0.05) is 40.1 Å². The summed E-state index contributed by atoms with van der Waals surface area (Å²) in [6.45, 7) is 3.76. The minimum Gasteiger partial charge on any atom is -0.357 e. The predicted molar refractivity (Wildman–Crippen MR) is 109 cm³/mol. The minimum atomic E-state index is 0.0836. The summed E-state index contributed by atoms with van der Waals surface area (Å²) in [5, 5.41) is 2.12. The van der Waals surface area contributed by atoms with Crippen LogP contribution < -0.4 is 0 Å². The van der Waals surface area contributed by atoms with Crippen molar-refractivity contribution in [2.45, 2.75) is 25.9 Å². The molecule has 4 nitrogen and oxygen atoms in total. The van der Waals surface area contributed by atoms with Crippen LogP contribution in [0.25, 0.3) is 10.9 Å². The molecule has 5 rings (SSSR count). The van der Waals surface area contributed by atoms with Gasteiger partial charge in [-0.2, -0.15) is 0 Å². The van der Waals surface area contributed by atoms with E-state index in [0.29, 0.717) is 0 Å². The Morgan fingerprint density at radius 3 is 2.74 bits per heavy atom. The maximum absolute atomic E-state index is 6.63. The minimum absolute atomic E-state index is 0.0836. The summed E-state index contributed by atoms with van der Waals surface area (Å²) in [5.74, 6) is 0.990. The van der Waals surface area contributed by atoms with E-state index in [9.17, 15) is 0 Å². The normalized spacial score (nSPS) is 17.3. The van der Waals surface area contributed by atoms with Gasteiger partial charge in [-0.25, -0.2) is 4.98 Å². The maximum atomic E-state index is 6.63. The smallest absolute Gasteiger partial charge is 0.120 e. The van der Waals surface area contributed by atoms with E-state index >= 15 is 0 Å². The van der Waals surface area contributed by atoms with Gasteiger partial charge in [0.2, 0.25) is 0 Å². The summed E-state index contributed by atoms with van der Waals surface area (Å²) in [6.07, 6.45) is 2.90. The Morgan fingerprint density at radius 1 is 1.11 bits per heavy atom. The molecule has 5 heteroatoms. The summed E-state index contributed by atoms with van der Waals surface area (Å²) < 4.78 is 0. The number of H-pyrrole nitrogens is 2. The Labute approximate surface area is 163 Å². The Hall–Kier alpha value is -2.56. The lowest BCUT2D eigenvalue weighted by Gasteiger charge is -2.36. The fourth-order valence-corrected chi connectivity index (χ4v) is 4.49. The summed E-state index contributed by atoms with van der Waals surface area (Å²) in [4.78, 5) is 14.0. The third kappa shape index (κ3) is 2.85. The van der Waals surface area contributed by atoms with Gasteiger partial charge in [-0.3, -0.25) is 4.90 Å². The van der Waals surface area contributed by atoms with E-state index in [2.05, 4.69) is 56.3 Å². The topological polar surface area (TPSA) is 47.7 Å². The van der Waals surface area contributed by atoms with E-state index < -0.39 is 0 Å². The van der Waals surface area contributed by atoms with Gasteiger partial charge in [-0.05, 0) is 36.6 Å². The SMILES string of the molecule is Cc1cnc(CN2CCc3c([nH]c4ccccc34)C2c2ccccc2Cl)[nH]1. The molecular formula is C22H21ClN4. The van der Waals surface area contributed by atoms with E-state index in [1.165, 1.54) is 22.2 Å². The predicted octanol–water partition coefficient (Wildman–Crippen LogP) is 5.00. The Bertz CT molecular complexity index is 1110. The molecule has 0 bridgehead atoms. The maximum Gasteiger partial charge on any atom is 0.120 e. The fourth-order valence-electron chi connectivity index (χ4n) is 4.25. The molecule has 1 unspecified atom stereocenters. The van der Waals surface area contributed by atoms with E-state index in [0.717, 1.165) is 41.6 Å². The Morgan fingerprint density at radius 2 is 1.93 bits per heavy atom. The zero-order chi connectivity index (χ0) is 18.4. The molecule has 27 heavy (non-hydrogen) atoms. The quantitative estimate of drug-likeness (QED) is 0.528. The first-order chi connectivity index (χ1) is 13.2. The molecule has 136 valence electrons. The molecule has 4 aromatic rings. The molecule has 1 aliphatic heterocycles. The van der Waals surface area contributed by atoms with Crippen LogP contribution in [-0.2, 0) is 13.0 Å². The number of nitrogens with zero attached hydrogens (tertiary/aromatic N) is 2. The third-order valence-corrected chi connectivity index (χ3v) is 5.79. The molecule has 1 aliphatic rings. The zero-order valence-corrected chi connectivity index (χ0v) is 15.9. The lowest BCUT2D eigenvalue weighted by Crippen LogP contribution is -2.36. The summed E-state index contributed by atoms with van der Waals surface area (Å²) in [7, 11) is 0. The highest BCUT2D eigenvalue weighted by atomic mass is 35.5. The lowest BCUT2D eigenvalue weighted by atomic mass is 9.92. The number of benzene rings is 2. The number of nitrogens with one attached hydrogen (secondary N) is 2. The molecule has 2 N–H and O–H groups in total. The van der Waals surface area contributed by atoms with Crippen molar-refractivity contribution in [3.8, 4) is 0 Å². The van der Waals surface area contributed by atoms with E-state index in [-0.39, 0.29) is 6.04 Å². The van der Waals surface area contributed by atoms with Gasteiger partial charge in [-0.15, -0.1) is 0 Å². The highest BCUT2D eigenvalue weighted by molar-refractivity contribution is 6.31. The van der Waals surface area contributed by atoms with Crippen LogP contribution in [0.5, 0.6) is 0 Å². The number of halogens is 1. The van der Waals surface area contributed by atoms with Crippen LogP contribution in [0.2, 0.25) is 5.02 Å². The summed E-state index contributed by atoms with van der Waals surface area (Å²) >= 11 is 6.63. The number of para-hydroxylation sites is 1. The van der Waals surface area contributed by atoms with Crippen molar-refractivity contribution < 1.29 is 0 Å². The molecule has 2 aromatic carbocycles. The van der Waals surface area contributed by atoms with Crippen molar-refractivity contribution in [1.82, 2.24) is 19.9 Å². The van der Waals surface area contributed by atoms with Crippen molar-refractivity contribution >= 4 is 22.5 Å². The van der Waals surface area contributed by atoms with Crippen molar-refractivity contribution in [2.75, 3.05) is 6.54 Å². The highest BCUT2D eigenvalue weighted by Gasteiger charge is 2.33. The van der Waals surface area contributed by atoms with Crippen LogP contribution >= 0.6 is 11.6 Å². The first-order valence-electron chi connectivity index (χ1n) is 9.29. The second-order valence-corrected chi connectivity index (χ2v) is 7.63. The Balaban J connectivity index is 1.65. The molecule has 0 saturated carbocycles. The van der Waals surface area contributed by atoms with Gasteiger partial charge < -0.3 is 9.97 Å². The summed E-state index contributed by atoms with van der Waals surface area (Å²) in [5.41, 5.74) is 6.06. The van der Waals surface area contributed by atoms with E-state index in [1.807, 2.05) is 25.3 Å². The largest absolute Gasteiger partial charge is 0.357 e. The number of aromatic amines is 2. The Kier molecular flexibility index (Phi) is 4.03. The van der Waals surface area contributed by atoms with Crippen LogP contribution in [-0.4, -0.2) is 26.4 Å². The van der Waals surface area contributed by atoms with E-state index in [1.54, 1.807) is 0 Å². The molecule has 0 saturated heterocycles. The molecule has 0 aliphatic carbocycles. The van der Waals surface area contributed by atoms with Crippen LogP contribution in [0.15, 0.2) is 54.7 Å². The average molecular weight is 377 g/mol. The van der Waals surface area contributed by atoms with E-state index in [4.69, 9.17) is 11.6 Å². The first kappa shape index (κ1) is 16.6. The summed E-state index contributed by atoms with van der Waals surface area (Å²) in [6, 6.07) is 16.8. The van der Waals surface area contributed by atoms with Crippen LogP contribution in [0, 0.1) is 6.92 Å². The van der Waals surface area contributed by atoms with Crippen molar-refractivity contribution in [3.63, 3.8) is 0 Å². The van der Waals surface area contributed by atoms with Gasteiger partial charge in [0.05, 0.1) is 12.6 Å². The van der Waals surface area contributed by atoms with Crippen molar-refractivity contribution in [3.05, 3.63) is 88.1 Å². The first-order valence-corrected chi connectivity index (χ1v) is 9.67. The van der Waals surface area contributed by atoms with Gasteiger partial charge in [0.15, 0.2) is 0 Å². The second-order valence-electron chi connectivity index (χ2n) is 7.22. The van der Waals surface area contributed by atoms with Crippen LogP contribution in [0.1, 0.15) is 34.4 Å². The molecule has 1 atom stereocenters. The van der Waals surface area contributed by atoms with Gasteiger partial charge in [-0.1, -0.05) is 48.0 Å². The number of aryl methyl sites for hydroxylation is 1. The highest BCUT2D eigenvalue weighted by Crippen LogP contribution is 2.40. The molecule has 0 amide bonds. The number of hydrogen-bond donors (Lipinski definition) is 2. The molecule has 0 fully saturated rings. The van der Waals surface area contributed by atoms with Crippen LogP contribution in [0.4, 0.5) is 0 Å². The second kappa shape index (κ2) is 6.55. The van der Waals surface area contributed by atoms with Gasteiger partial charge in [0.25, 0.3) is 0 Å². The molecule has 3 heterocycles. The average Bonchev–Trinajstić information content (AvgIpc) is 3.25. The van der Waals surface area contributed by atoms with Crippen molar-refractivity contribution in [1.29, 1.82) is 0 Å².